The van der Waals surface area contributed by atoms with Gasteiger partial charge in [0, 0.05) is 18.9 Å². The number of benzene rings is 1. The molecule has 0 aliphatic carbocycles. The van der Waals surface area contributed by atoms with Crippen LogP contribution in [0.3, 0.4) is 0 Å². The van der Waals surface area contributed by atoms with E-state index in [0.29, 0.717) is 5.69 Å². The Balaban J connectivity index is 1.67. The number of aromatic nitrogens is 4. The van der Waals surface area contributed by atoms with Gasteiger partial charge in [-0.1, -0.05) is 12.1 Å². The Morgan fingerprint density at radius 2 is 2.18 bits per heavy atom. The van der Waals surface area contributed by atoms with E-state index < -0.39 is 0 Å². The molecule has 1 saturated heterocycles. The smallest absolute Gasteiger partial charge is 0.274 e. The molecule has 110 valence electrons. The molecule has 3 aromatic rings. The second kappa shape index (κ2) is 5.22. The van der Waals surface area contributed by atoms with Crippen LogP contribution in [0.4, 0.5) is 0 Å². The summed E-state index contributed by atoms with van der Waals surface area (Å²) in [5.74, 6) is 0.756. The van der Waals surface area contributed by atoms with E-state index in [9.17, 15) is 4.79 Å². The van der Waals surface area contributed by atoms with Gasteiger partial charge in [0.25, 0.3) is 5.91 Å². The molecule has 22 heavy (non-hydrogen) atoms. The van der Waals surface area contributed by atoms with Crippen molar-refractivity contribution in [3.8, 4) is 0 Å². The molecule has 6 heteroatoms. The number of para-hydroxylation sites is 2. The van der Waals surface area contributed by atoms with E-state index in [-0.39, 0.29) is 11.9 Å². The first kappa shape index (κ1) is 12.9. The molecule has 1 amide bonds. The molecular formula is C16H15N5O. The van der Waals surface area contributed by atoms with E-state index in [1.807, 2.05) is 29.2 Å². The summed E-state index contributed by atoms with van der Waals surface area (Å²) in [6.45, 7) is 0.719. The molecule has 3 heterocycles. The third-order valence-corrected chi connectivity index (χ3v) is 4.02. The number of amides is 1. The van der Waals surface area contributed by atoms with Gasteiger partial charge in [0.1, 0.15) is 11.5 Å². The number of hydrogen-bond acceptors (Lipinski definition) is 4. The van der Waals surface area contributed by atoms with Crippen LogP contribution in [0.1, 0.15) is 35.2 Å². The van der Waals surface area contributed by atoms with Gasteiger partial charge < -0.3 is 9.88 Å². The predicted octanol–water partition coefficient (Wildman–Crippen LogP) is 2.33. The molecular weight excluding hydrogens is 278 g/mol. The largest absolute Gasteiger partial charge is 0.340 e. The molecule has 2 aromatic heterocycles. The van der Waals surface area contributed by atoms with Crippen LogP contribution in [-0.2, 0) is 0 Å². The van der Waals surface area contributed by atoms with Crippen LogP contribution in [0.2, 0.25) is 0 Å². The van der Waals surface area contributed by atoms with Crippen LogP contribution in [0.15, 0.2) is 42.9 Å². The maximum Gasteiger partial charge on any atom is 0.274 e. The average Bonchev–Trinajstić information content (AvgIpc) is 3.21. The highest BCUT2D eigenvalue weighted by atomic mass is 16.2. The lowest BCUT2D eigenvalue weighted by Gasteiger charge is -2.22. The lowest BCUT2D eigenvalue weighted by Crippen LogP contribution is -2.31. The zero-order chi connectivity index (χ0) is 14.9. The number of rotatable bonds is 2. The van der Waals surface area contributed by atoms with E-state index in [0.717, 1.165) is 36.2 Å². The highest BCUT2D eigenvalue weighted by molar-refractivity contribution is 5.92. The molecule has 4 rings (SSSR count). The number of hydrogen-bond donors (Lipinski definition) is 1. The third-order valence-electron chi connectivity index (χ3n) is 4.02. The molecule has 1 aliphatic rings. The van der Waals surface area contributed by atoms with Gasteiger partial charge in [0.05, 0.1) is 23.3 Å². The van der Waals surface area contributed by atoms with Crippen LogP contribution >= 0.6 is 0 Å². The number of fused-ring (bicyclic) bond motifs is 1. The van der Waals surface area contributed by atoms with Crippen molar-refractivity contribution in [2.75, 3.05) is 6.54 Å². The average molecular weight is 293 g/mol. The number of imidazole rings is 1. The molecule has 1 atom stereocenters. The number of nitrogens with zero attached hydrogens (tertiary/aromatic N) is 4. The minimum atomic E-state index is -0.0870. The van der Waals surface area contributed by atoms with Crippen molar-refractivity contribution in [2.24, 2.45) is 0 Å². The minimum Gasteiger partial charge on any atom is -0.340 e. The quantitative estimate of drug-likeness (QED) is 0.787. The highest BCUT2D eigenvalue weighted by Crippen LogP contribution is 2.32. The summed E-state index contributed by atoms with van der Waals surface area (Å²) in [5.41, 5.74) is 2.30. The summed E-state index contributed by atoms with van der Waals surface area (Å²) in [6.07, 6.45) is 6.49. The molecule has 1 aliphatic heterocycles. The van der Waals surface area contributed by atoms with Crippen molar-refractivity contribution in [1.29, 1.82) is 0 Å². The Labute approximate surface area is 127 Å². The van der Waals surface area contributed by atoms with E-state index in [1.54, 1.807) is 12.4 Å². The van der Waals surface area contributed by atoms with Gasteiger partial charge in [-0.15, -0.1) is 0 Å². The Morgan fingerprint density at radius 1 is 1.27 bits per heavy atom. The second-order valence-electron chi connectivity index (χ2n) is 5.39. The number of H-pyrrole nitrogens is 1. The Hall–Kier alpha value is -2.76. The van der Waals surface area contributed by atoms with Crippen LogP contribution < -0.4 is 0 Å². The molecule has 0 saturated carbocycles. The SMILES string of the molecule is O=C(c1cnccn1)N1CCCC1c1nc2ccccc2[nH]1. The Bertz CT molecular complexity index is 781. The molecule has 1 fully saturated rings. The second-order valence-corrected chi connectivity index (χ2v) is 5.39. The molecule has 1 unspecified atom stereocenters. The summed E-state index contributed by atoms with van der Waals surface area (Å²) < 4.78 is 0. The number of carbonyl (C=O) groups excluding carboxylic acids is 1. The van der Waals surface area contributed by atoms with E-state index >= 15 is 0 Å². The highest BCUT2D eigenvalue weighted by Gasteiger charge is 2.33. The standard InChI is InChI=1S/C16H15N5O/c22-16(13-10-17-7-8-18-13)21-9-3-6-14(21)15-19-11-4-1-2-5-12(11)20-15/h1-2,4-5,7-8,10,14H,3,6,9H2,(H,19,20). The molecule has 1 aromatic carbocycles. The summed E-state index contributed by atoms with van der Waals surface area (Å²) in [6, 6.07) is 7.88. The van der Waals surface area contributed by atoms with Crippen LogP contribution in [0, 0.1) is 0 Å². The van der Waals surface area contributed by atoms with Crippen molar-refractivity contribution < 1.29 is 4.79 Å². The maximum atomic E-state index is 12.6. The van der Waals surface area contributed by atoms with Gasteiger partial charge in [-0.2, -0.15) is 0 Å². The number of aromatic amines is 1. The zero-order valence-electron chi connectivity index (χ0n) is 11.9. The number of carbonyl (C=O) groups is 1. The van der Waals surface area contributed by atoms with Crippen molar-refractivity contribution in [3.05, 3.63) is 54.4 Å². The first-order valence-electron chi connectivity index (χ1n) is 7.34. The third kappa shape index (κ3) is 2.13. The van der Waals surface area contributed by atoms with Crippen molar-refractivity contribution >= 4 is 16.9 Å². The zero-order valence-corrected chi connectivity index (χ0v) is 11.9. The van der Waals surface area contributed by atoms with E-state index in [2.05, 4.69) is 19.9 Å². The van der Waals surface area contributed by atoms with Crippen LogP contribution in [-0.4, -0.2) is 37.3 Å². The van der Waals surface area contributed by atoms with Crippen molar-refractivity contribution in [3.63, 3.8) is 0 Å². The molecule has 6 nitrogen and oxygen atoms in total. The predicted molar refractivity (Wildman–Crippen MR) is 81.1 cm³/mol. The first-order valence-corrected chi connectivity index (χ1v) is 7.34. The summed E-state index contributed by atoms with van der Waals surface area (Å²) in [5, 5.41) is 0. The van der Waals surface area contributed by atoms with Gasteiger partial charge in [-0.3, -0.25) is 9.78 Å². The van der Waals surface area contributed by atoms with Crippen molar-refractivity contribution in [2.45, 2.75) is 18.9 Å². The monoisotopic (exact) mass is 293 g/mol. The number of likely N-dealkylation sites (tertiary alicyclic amines) is 1. The fraction of sp³-hybridized carbons (Fsp3) is 0.250. The molecule has 0 radical (unpaired) electrons. The van der Waals surface area contributed by atoms with E-state index in [4.69, 9.17) is 0 Å². The van der Waals surface area contributed by atoms with Crippen molar-refractivity contribution in [1.82, 2.24) is 24.8 Å². The topological polar surface area (TPSA) is 74.8 Å². The van der Waals surface area contributed by atoms with Gasteiger partial charge in [0.15, 0.2) is 0 Å². The molecule has 1 N–H and O–H groups in total. The van der Waals surface area contributed by atoms with Crippen LogP contribution in [0.5, 0.6) is 0 Å². The van der Waals surface area contributed by atoms with Gasteiger partial charge >= 0.3 is 0 Å². The maximum absolute atomic E-state index is 12.6. The summed E-state index contributed by atoms with van der Waals surface area (Å²) in [4.78, 5) is 30.5. The Kier molecular flexibility index (Phi) is 3.07. The van der Waals surface area contributed by atoms with Gasteiger partial charge in [-0.25, -0.2) is 9.97 Å². The fourth-order valence-electron chi connectivity index (χ4n) is 2.98. The number of nitrogens with one attached hydrogen (secondary N) is 1. The van der Waals surface area contributed by atoms with E-state index in [1.165, 1.54) is 6.20 Å². The molecule has 0 bridgehead atoms. The van der Waals surface area contributed by atoms with Gasteiger partial charge in [0.2, 0.25) is 0 Å². The Morgan fingerprint density at radius 3 is 3.00 bits per heavy atom. The summed E-state index contributed by atoms with van der Waals surface area (Å²) in [7, 11) is 0. The fourth-order valence-corrected chi connectivity index (χ4v) is 2.98. The lowest BCUT2D eigenvalue weighted by molar-refractivity contribution is 0.0724. The lowest BCUT2D eigenvalue weighted by atomic mass is 10.2. The normalized spacial score (nSPS) is 18.0. The van der Waals surface area contributed by atoms with Crippen LogP contribution in [0.25, 0.3) is 11.0 Å². The minimum absolute atomic E-state index is 0.0260. The summed E-state index contributed by atoms with van der Waals surface area (Å²) >= 11 is 0. The van der Waals surface area contributed by atoms with Gasteiger partial charge in [-0.05, 0) is 25.0 Å². The molecule has 0 spiro atoms. The first-order chi connectivity index (χ1) is 10.8.